The summed E-state index contributed by atoms with van der Waals surface area (Å²) in [7, 11) is 0. The van der Waals surface area contributed by atoms with Gasteiger partial charge in [0.05, 0.1) is 5.69 Å². The van der Waals surface area contributed by atoms with Gasteiger partial charge in [-0.3, -0.25) is 4.98 Å². The van der Waals surface area contributed by atoms with E-state index in [-0.39, 0.29) is 0 Å². The summed E-state index contributed by atoms with van der Waals surface area (Å²) in [5, 5.41) is 0.445. The lowest BCUT2D eigenvalue weighted by molar-refractivity contribution is 1.18. The van der Waals surface area contributed by atoms with Crippen molar-refractivity contribution in [1.29, 1.82) is 0 Å². The quantitative estimate of drug-likeness (QED) is 0.620. The average Bonchev–Trinajstić information content (AvgIpc) is 1.94. The summed E-state index contributed by atoms with van der Waals surface area (Å²) < 4.78 is 0. The Morgan fingerprint density at radius 1 is 1.40 bits per heavy atom. The summed E-state index contributed by atoms with van der Waals surface area (Å²) in [4.78, 5) is 7.84. The molecule has 0 fully saturated rings. The predicted octanol–water partition coefficient (Wildman–Crippen LogP) is 2.16. The number of allylic oxidation sites excluding steroid dienone is 1. The van der Waals surface area contributed by atoms with E-state index in [1.807, 2.05) is 19.1 Å². The van der Waals surface area contributed by atoms with Crippen molar-refractivity contribution >= 4 is 17.7 Å². The van der Waals surface area contributed by atoms with Crippen molar-refractivity contribution in [3.05, 3.63) is 29.3 Å². The molecule has 0 bridgehead atoms. The fourth-order valence-electron chi connectivity index (χ4n) is 0.601. The highest BCUT2D eigenvalue weighted by Gasteiger charge is 1.94. The second kappa shape index (κ2) is 3.32. The zero-order valence-corrected chi connectivity index (χ0v) is 6.34. The van der Waals surface area contributed by atoms with Gasteiger partial charge in [0.2, 0.25) is 0 Å². The van der Waals surface area contributed by atoms with Crippen molar-refractivity contribution in [2.75, 3.05) is 0 Å². The Kier molecular flexibility index (Phi) is 2.40. The second-order valence-electron chi connectivity index (χ2n) is 1.73. The van der Waals surface area contributed by atoms with Crippen LogP contribution in [0.4, 0.5) is 0 Å². The summed E-state index contributed by atoms with van der Waals surface area (Å²) >= 11 is 5.68. The molecule has 1 aromatic rings. The smallest absolute Gasteiger partial charge is 0.154 e. The van der Waals surface area contributed by atoms with Crippen LogP contribution >= 0.6 is 11.6 Å². The van der Waals surface area contributed by atoms with E-state index in [1.165, 1.54) is 0 Å². The van der Waals surface area contributed by atoms with Gasteiger partial charge in [0.25, 0.3) is 0 Å². The number of aromatic nitrogens is 2. The van der Waals surface area contributed by atoms with Crippen molar-refractivity contribution in [2.24, 2.45) is 0 Å². The summed E-state index contributed by atoms with van der Waals surface area (Å²) in [5.74, 6) is 0. The van der Waals surface area contributed by atoms with E-state index in [4.69, 9.17) is 11.6 Å². The van der Waals surface area contributed by atoms with Gasteiger partial charge in [-0.25, -0.2) is 4.98 Å². The zero-order chi connectivity index (χ0) is 7.40. The molecule has 0 aromatic carbocycles. The van der Waals surface area contributed by atoms with Gasteiger partial charge in [-0.1, -0.05) is 17.7 Å². The molecule has 0 aliphatic carbocycles. The van der Waals surface area contributed by atoms with Crippen LogP contribution in [0, 0.1) is 0 Å². The minimum atomic E-state index is 0.445. The molecule has 0 atom stereocenters. The van der Waals surface area contributed by atoms with Crippen LogP contribution in [0.3, 0.4) is 0 Å². The summed E-state index contributed by atoms with van der Waals surface area (Å²) in [6.45, 7) is 1.91. The van der Waals surface area contributed by atoms with E-state index in [9.17, 15) is 0 Å². The molecule has 0 saturated carbocycles. The van der Waals surface area contributed by atoms with Gasteiger partial charge in [-0.05, 0) is 13.0 Å². The lowest BCUT2D eigenvalue weighted by atomic mass is 10.4. The Balaban J connectivity index is 3.03. The van der Waals surface area contributed by atoms with Crippen LogP contribution < -0.4 is 0 Å². The molecule has 0 N–H and O–H groups in total. The standard InChI is InChI=1S/C7H7ClN2/c1-2-3-6-7(8)10-5-4-9-6/h2-5H,1H3/b3-2+. The van der Waals surface area contributed by atoms with E-state index in [1.54, 1.807) is 12.4 Å². The molecule has 1 heterocycles. The molecule has 0 amide bonds. The molecule has 0 radical (unpaired) electrons. The van der Waals surface area contributed by atoms with Crippen LogP contribution in [0.15, 0.2) is 18.5 Å². The number of hydrogen-bond acceptors (Lipinski definition) is 2. The normalized spacial score (nSPS) is 10.6. The van der Waals surface area contributed by atoms with Crippen molar-refractivity contribution in [1.82, 2.24) is 9.97 Å². The van der Waals surface area contributed by atoms with Crippen LogP contribution in [0.5, 0.6) is 0 Å². The SMILES string of the molecule is C/C=C/c1nccnc1Cl. The maximum Gasteiger partial charge on any atom is 0.154 e. The lowest BCUT2D eigenvalue weighted by Crippen LogP contribution is -1.83. The molecular formula is C7H7ClN2. The summed E-state index contributed by atoms with van der Waals surface area (Å²) in [5.41, 5.74) is 0.715. The summed E-state index contributed by atoms with van der Waals surface area (Å²) in [6, 6.07) is 0. The average molecular weight is 155 g/mol. The van der Waals surface area contributed by atoms with Gasteiger partial charge in [0.1, 0.15) is 0 Å². The van der Waals surface area contributed by atoms with Crippen molar-refractivity contribution in [2.45, 2.75) is 6.92 Å². The molecule has 0 unspecified atom stereocenters. The summed E-state index contributed by atoms with van der Waals surface area (Å²) in [6.07, 6.45) is 6.86. The van der Waals surface area contributed by atoms with Crippen LogP contribution in [0.2, 0.25) is 5.15 Å². The van der Waals surface area contributed by atoms with Crippen LogP contribution in [0.25, 0.3) is 6.08 Å². The molecule has 10 heavy (non-hydrogen) atoms. The van der Waals surface area contributed by atoms with E-state index >= 15 is 0 Å². The zero-order valence-electron chi connectivity index (χ0n) is 5.58. The molecule has 3 heteroatoms. The van der Waals surface area contributed by atoms with Crippen molar-refractivity contribution < 1.29 is 0 Å². The second-order valence-corrected chi connectivity index (χ2v) is 2.09. The lowest BCUT2D eigenvalue weighted by Gasteiger charge is -1.91. The third-order valence-electron chi connectivity index (χ3n) is 1.00. The largest absolute Gasteiger partial charge is 0.252 e. The molecule has 0 spiro atoms. The van der Waals surface area contributed by atoms with E-state index in [2.05, 4.69) is 9.97 Å². The van der Waals surface area contributed by atoms with E-state index in [0.717, 1.165) is 0 Å². The highest BCUT2D eigenvalue weighted by Crippen LogP contribution is 2.09. The van der Waals surface area contributed by atoms with Gasteiger partial charge in [0, 0.05) is 12.4 Å². The predicted molar refractivity (Wildman–Crippen MR) is 41.8 cm³/mol. The first-order valence-corrected chi connectivity index (χ1v) is 3.31. The molecule has 2 nitrogen and oxygen atoms in total. The molecule has 1 rings (SSSR count). The van der Waals surface area contributed by atoms with Gasteiger partial charge in [-0.15, -0.1) is 0 Å². The van der Waals surface area contributed by atoms with E-state index < -0.39 is 0 Å². The van der Waals surface area contributed by atoms with Crippen LogP contribution in [-0.2, 0) is 0 Å². The van der Waals surface area contributed by atoms with Crippen LogP contribution in [0.1, 0.15) is 12.6 Å². The number of halogens is 1. The molecule has 0 aliphatic rings. The minimum absolute atomic E-state index is 0.445. The monoisotopic (exact) mass is 154 g/mol. The third-order valence-corrected chi connectivity index (χ3v) is 1.30. The Hall–Kier alpha value is -0.890. The molecule has 1 aromatic heterocycles. The third kappa shape index (κ3) is 1.54. The van der Waals surface area contributed by atoms with Crippen molar-refractivity contribution in [3.63, 3.8) is 0 Å². The highest BCUT2D eigenvalue weighted by molar-refractivity contribution is 6.30. The first-order valence-electron chi connectivity index (χ1n) is 2.94. The van der Waals surface area contributed by atoms with Gasteiger partial charge < -0.3 is 0 Å². The molecule has 0 aliphatic heterocycles. The fraction of sp³-hybridized carbons (Fsp3) is 0.143. The number of nitrogens with zero attached hydrogens (tertiary/aromatic N) is 2. The Bertz CT molecular complexity index is 245. The van der Waals surface area contributed by atoms with Crippen LogP contribution in [-0.4, -0.2) is 9.97 Å². The van der Waals surface area contributed by atoms with Gasteiger partial charge in [0.15, 0.2) is 5.15 Å². The fourth-order valence-corrected chi connectivity index (χ4v) is 0.770. The van der Waals surface area contributed by atoms with E-state index in [0.29, 0.717) is 10.8 Å². The molecule has 52 valence electrons. The first-order chi connectivity index (χ1) is 4.84. The Morgan fingerprint density at radius 3 is 2.70 bits per heavy atom. The molecule has 0 saturated heterocycles. The minimum Gasteiger partial charge on any atom is -0.252 e. The number of hydrogen-bond donors (Lipinski definition) is 0. The maximum absolute atomic E-state index is 5.68. The number of rotatable bonds is 1. The first kappa shape index (κ1) is 7.22. The molecular weight excluding hydrogens is 148 g/mol. The Morgan fingerprint density at radius 2 is 2.10 bits per heavy atom. The topological polar surface area (TPSA) is 25.8 Å². The van der Waals surface area contributed by atoms with Gasteiger partial charge >= 0.3 is 0 Å². The van der Waals surface area contributed by atoms with Gasteiger partial charge in [-0.2, -0.15) is 0 Å². The Labute approximate surface area is 64.6 Å². The maximum atomic E-state index is 5.68. The highest BCUT2D eigenvalue weighted by atomic mass is 35.5. The van der Waals surface area contributed by atoms with Crippen molar-refractivity contribution in [3.8, 4) is 0 Å².